The Morgan fingerprint density at radius 2 is 2.00 bits per heavy atom. The third kappa shape index (κ3) is 5.68. The first-order valence-corrected chi connectivity index (χ1v) is 9.61. The van der Waals surface area contributed by atoms with E-state index in [9.17, 15) is 9.59 Å². The van der Waals surface area contributed by atoms with Gasteiger partial charge in [0.2, 0.25) is 17.0 Å². The molecule has 1 aromatic carbocycles. The second-order valence-electron chi connectivity index (χ2n) is 6.00. The lowest BCUT2D eigenvalue weighted by Crippen LogP contribution is -2.34. The molecule has 146 valence electrons. The first kappa shape index (κ1) is 19.6. The topological polar surface area (TPSA) is 120 Å². The first-order valence-electron chi connectivity index (χ1n) is 8.63. The quantitative estimate of drug-likeness (QED) is 0.509. The minimum absolute atomic E-state index is 0.111. The molecule has 0 saturated carbocycles. The van der Waals surface area contributed by atoms with Crippen molar-refractivity contribution in [2.45, 2.75) is 24.7 Å². The Morgan fingerprint density at radius 1 is 1.18 bits per heavy atom. The molecule has 3 rings (SSSR count). The zero-order valence-electron chi connectivity index (χ0n) is 15.1. The van der Waals surface area contributed by atoms with Gasteiger partial charge in [-0.05, 0) is 28.1 Å². The number of amides is 2. The van der Waals surface area contributed by atoms with Gasteiger partial charge in [-0.2, -0.15) is 0 Å². The summed E-state index contributed by atoms with van der Waals surface area (Å²) in [6.45, 7) is 1.05. The van der Waals surface area contributed by atoms with Crippen molar-refractivity contribution < 1.29 is 14.0 Å². The van der Waals surface area contributed by atoms with Crippen LogP contribution in [-0.2, 0) is 22.7 Å². The summed E-state index contributed by atoms with van der Waals surface area (Å²) in [5, 5.41) is 12.1. The molecule has 28 heavy (non-hydrogen) atoms. The predicted octanol–water partition coefficient (Wildman–Crippen LogP) is 1.31. The number of carbonyl (C=O) groups excluding carboxylic acids is 2. The maximum atomic E-state index is 12.7. The van der Waals surface area contributed by atoms with Crippen LogP contribution in [0.5, 0.6) is 0 Å². The monoisotopic (exact) mass is 400 g/mol. The molecule has 0 saturated heterocycles. The average Bonchev–Trinajstić information content (AvgIpc) is 3.36. The second-order valence-corrected chi connectivity index (χ2v) is 6.95. The molecule has 2 aromatic heterocycles. The van der Waals surface area contributed by atoms with Crippen molar-refractivity contribution in [3.05, 3.63) is 60.1 Å². The summed E-state index contributed by atoms with van der Waals surface area (Å²) in [6.07, 6.45) is 1.69. The number of tetrazole rings is 1. The number of benzene rings is 1. The van der Waals surface area contributed by atoms with Crippen LogP contribution in [-0.4, -0.2) is 49.2 Å². The summed E-state index contributed by atoms with van der Waals surface area (Å²) in [4.78, 5) is 25.5. The first-order chi connectivity index (χ1) is 13.6. The minimum atomic E-state index is -0.444. The van der Waals surface area contributed by atoms with Gasteiger partial charge in [-0.25, -0.2) is 4.68 Å². The lowest BCUT2D eigenvalue weighted by molar-refractivity contribution is -0.129. The third-order valence-electron chi connectivity index (χ3n) is 3.91. The van der Waals surface area contributed by atoms with Crippen LogP contribution in [0.3, 0.4) is 0 Å². The van der Waals surface area contributed by atoms with Gasteiger partial charge in [-0.1, -0.05) is 42.1 Å². The number of carbonyl (C=O) groups is 2. The van der Waals surface area contributed by atoms with Crippen LogP contribution in [0.15, 0.2) is 58.3 Å². The number of rotatable bonds is 10. The number of primary amides is 1. The van der Waals surface area contributed by atoms with Crippen molar-refractivity contribution in [2.24, 2.45) is 5.73 Å². The summed E-state index contributed by atoms with van der Waals surface area (Å²) in [5.41, 5.74) is 6.23. The fourth-order valence-corrected chi connectivity index (χ4v) is 3.29. The van der Waals surface area contributed by atoms with Gasteiger partial charge in [-0.15, -0.1) is 5.10 Å². The number of thioether (sulfide) groups is 1. The Labute approximate surface area is 165 Å². The number of nitrogens with zero attached hydrogens (tertiary/aromatic N) is 5. The number of aromatic nitrogens is 4. The van der Waals surface area contributed by atoms with Gasteiger partial charge in [-0.3, -0.25) is 9.59 Å². The van der Waals surface area contributed by atoms with E-state index in [-0.39, 0.29) is 24.6 Å². The molecule has 0 atom stereocenters. The van der Waals surface area contributed by atoms with E-state index in [4.69, 9.17) is 10.2 Å². The fraction of sp³-hybridized carbons (Fsp3) is 0.278. The van der Waals surface area contributed by atoms with Crippen molar-refractivity contribution >= 4 is 23.6 Å². The van der Waals surface area contributed by atoms with Crippen LogP contribution >= 0.6 is 11.8 Å². The molecule has 0 spiro atoms. The van der Waals surface area contributed by atoms with Gasteiger partial charge < -0.3 is 15.1 Å². The SMILES string of the molecule is NC(=O)CCN(Cc1ccccc1)C(=O)CSc1nnnn1Cc1ccco1. The van der Waals surface area contributed by atoms with Crippen molar-refractivity contribution in [1.82, 2.24) is 25.1 Å². The second kappa shape index (κ2) is 9.70. The van der Waals surface area contributed by atoms with Gasteiger partial charge in [0.05, 0.1) is 12.0 Å². The summed E-state index contributed by atoms with van der Waals surface area (Å²) in [7, 11) is 0. The predicted molar refractivity (Wildman–Crippen MR) is 102 cm³/mol. The van der Waals surface area contributed by atoms with Gasteiger partial charge in [0.1, 0.15) is 12.3 Å². The molecule has 0 aliphatic carbocycles. The number of hydrogen-bond acceptors (Lipinski definition) is 7. The molecule has 2 amide bonds. The van der Waals surface area contributed by atoms with Crippen molar-refractivity contribution in [2.75, 3.05) is 12.3 Å². The number of hydrogen-bond donors (Lipinski definition) is 1. The summed E-state index contributed by atoms with van der Waals surface area (Å²) in [6, 6.07) is 13.2. The van der Waals surface area contributed by atoms with Crippen molar-refractivity contribution in [1.29, 1.82) is 0 Å². The summed E-state index contributed by atoms with van der Waals surface area (Å²) in [5.74, 6) is 0.292. The Morgan fingerprint density at radius 3 is 2.71 bits per heavy atom. The standard InChI is InChI=1S/C18H20N6O3S/c19-16(25)8-9-23(11-14-5-2-1-3-6-14)17(26)13-28-18-20-21-22-24(18)12-15-7-4-10-27-15/h1-7,10H,8-9,11-13H2,(H2,19,25). The van der Waals surface area contributed by atoms with Crippen molar-refractivity contribution in [3.63, 3.8) is 0 Å². The van der Waals surface area contributed by atoms with E-state index in [1.165, 1.54) is 11.8 Å². The molecule has 10 heteroatoms. The van der Waals surface area contributed by atoms with Crippen molar-refractivity contribution in [3.8, 4) is 0 Å². The van der Waals surface area contributed by atoms with E-state index in [1.807, 2.05) is 36.4 Å². The normalized spacial score (nSPS) is 10.7. The summed E-state index contributed by atoms with van der Waals surface area (Å²) < 4.78 is 6.87. The Bertz CT molecular complexity index is 897. The van der Waals surface area contributed by atoms with E-state index in [1.54, 1.807) is 21.9 Å². The maximum Gasteiger partial charge on any atom is 0.233 e. The van der Waals surface area contributed by atoms with Crippen LogP contribution < -0.4 is 5.73 Å². The van der Waals surface area contributed by atoms with E-state index in [0.29, 0.717) is 24.0 Å². The molecule has 2 heterocycles. The minimum Gasteiger partial charge on any atom is -0.467 e. The van der Waals surface area contributed by atoms with Gasteiger partial charge in [0, 0.05) is 19.5 Å². The van der Waals surface area contributed by atoms with Crippen LogP contribution in [0.2, 0.25) is 0 Å². The highest BCUT2D eigenvalue weighted by Gasteiger charge is 2.17. The lowest BCUT2D eigenvalue weighted by atomic mass is 10.2. The van der Waals surface area contributed by atoms with Crippen LogP contribution in [0.25, 0.3) is 0 Å². The number of furan rings is 1. The molecule has 0 bridgehead atoms. The van der Waals surface area contributed by atoms with Gasteiger partial charge >= 0.3 is 0 Å². The molecule has 0 aliphatic heterocycles. The zero-order chi connectivity index (χ0) is 19.8. The lowest BCUT2D eigenvalue weighted by Gasteiger charge is -2.22. The highest BCUT2D eigenvalue weighted by Crippen LogP contribution is 2.17. The van der Waals surface area contributed by atoms with E-state index < -0.39 is 5.91 Å². The van der Waals surface area contributed by atoms with Crippen LogP contribution in [0.1, 0.15) is 17.7 Å². The molecular weight excluding hydrogens is 380 g/mol. The van der Waals surface area contributed by atoms with Gasteiger partial charge in [0.15, 0.2) is 0 Å². The van der Waals surface area contributed by atoms with Crippen LogP contribution in [0, 0.1) is 0 Å². The zero-order valence-corrected chi connectivity index (χ0v) is 15.9. The highest BCUT2D eigenvalue weighted by atomic mass is 32.2. The Kier molecular flexibility index (Phi) is 6.79. The molecule has 0 aliphatic rings. The summed E-state index contributed by atoms with van der Waals surface area (Å²) >= 11 is 1.23. The largest absolute Gasteiger partial charge is 0.467 e. The molecule has 3 aromatic rings. The molecule has 9 nitrogen and oxygen atoms in total. The average molecular weight is 400 g/mol. The maximum absolute atomic E-state index is 12.7. The van der Waals surface area contributed by atoms with E-state index in [0.717, 1.165) is 5.56 Å². The van der Waals surface area contributed by atoms with E-state index in [2.05, 4.69) is 15.5 Å². The number of nitrogens with two attached hydrogens (primary N) is 1. The Balaban J connectivity index is 1.61. The third-order valence-corrected chi connectivity index (χ3v) is 4.85. The Hall–Kier alpha value is -3.14. The molecule has 0 unspecified atom stereocenters. The van der Waals surface area contributed by atoms with E-state index >= 15 is 0 Å². The van der Waals surface area contributed by atoms with Gasteiger partial charge in [0.25, 0.3) is 0 Å². The molecular formula is C18H20N6O3S. The molecule has 2 N–H and O–H groups in total. The fourth-order valence-electron chi connectivity index (χ4n) is 2.51. The molecule has 0 fully saturated rings. The molecule has 0 radical (unpaired) electrons. The smallest absolute Gasteiger partial charge is 0.233 e. The van der Waals surface area contributed by atoms with Crippen LogP contribution in [0.4, 0.5) is 0 Å². The highest BCUT2D eigenvalue weighted by molar-refractivity contribution is 7.99.